The number of carbonyl (C=O) groups is 3. The molecule has 2 fully saturated rings. The van der Waals surface area contributed by atoms with Crippen LogP contribution in [-0.4, -0.2) is 49.1 Å². The molecule has 2 amide bonds. The molecule has 36 heavy (non-hydrogen) atoms. The number of nitrogens with one attached hydrogen (secondary N) is 1. The molecule has 5 rings (SSSR count). The number of benzene rings is 3. The van der Waals surface area contributed by atoms with Crippen LogP contribution in [0.4, 0.5) is 0 Å². The van der Waals surface area contributed by atoms with Gasteiger partial charge in [-0.2, -0.15) is 0 Å². The summed E-state index contributed by atoms with van der Waals surface area (Å²) >= 11 is 6.64. The molecule has 0 bridgehead atoms. The molecule has 3 aromatic rings. The lowest BCUT2D eigenvalue weighted by atomic mass is 10.0. The Hall–Kier alpha value is -3.49. The Bertz CT molecular complexity index is 1270. The molecular formula is C27H23ClN2O5S. The van der Waals surface area contributed by atoms with E-state index >= 15 is 0 Å². The van der Waals surface area contributed by atoms with Gasteiger partial charge in [0, 0.05) is 0 Å². The summed E-state index contributed by atoms with van der Waals surface area (Å²) in [6.07, 6.45) is -0.689. The molecule has 9 heteroatoms. The Morgan fingerprint density at radius 1 is 0.972 bits per heavy atom. The van der Waals surface area contributed by atoms with Gasteiger partial charge in [0.1, 0.15) is 11.4 Å². The second-order valence-corrected chi connectivity index (χ2v) is 11.3. The van der Waals surface area contributed by atoms with Crippen LogP contribution in [0.1, 0.15) is 22.8 Å². The van der Waals surface area contributed by atoms with Crippen molar-refractivity contribution in [3.63, 3.8) is 0 Å². The minimum atomic E-state index is -2.01. The largest absolute Gasteiger partial charge is 0.450 e. The van der Waals surface area contributed by atoms with Crippen LogP contribution in [0.15, 0.2) is 91.0 Å². The number of hydrogen-bond acceptors (Lipinski definition) is 5. The van der Waals surface area contributed by atoms with Crippen LogP contribution in [-0.2, 0) is 36.3 Å². The lowest BCUT2D eigenvalue weighted by Crippen LogP contribution is -2.69. The molecule has 0 aliphatic carbocycles. The van der Waals surface area contributed by atoms with E-state index in [1.54, 1.807) is 12.1 Å². The molecule has 184 valence electrons. The fourth-order valence-corrected chi connectivity index (χ4v) is 6.62. The van der Waals surface area contributed by atoms with Crippen LogP contribution in [0.2, 0.25) is 0 Å². The molecule has 2 aliphatic rings. The van der Waals surface area contributed by atoms with Crippen LogP contribution in [0.3, 0.4) is 0 Å². The first-order valence-corrected chi connectivity index (χ1v) is 13.0. The number of amides is 2. The molecule has 0 spiro atoms. The molecule has 7 nitrogen and oxygen atoms in total. The van der Waals surface area contributed by atoms with E-state index in [2.05, 4.69) is 5.32 Å². The smallest absolute Gasteiger partial charge is 0.343 e. The number of carbonyl (C=O) groups excluding carboxylic acids is 3. The van der Waals surface area contributed by atoms with Gasteiger partial charge in [-0.1, -0.05) is 103 Å². The van der Waals surface area contributed by atoms with E-state index in [-0.39, 0.29) is 18.9 Å². The average Bonchev–Trinajstić information content (AvgIpc) is 3.15. The zero-order valence-corrected chi connectivity index (χ0v) is 20.7. The topological polar surface area (TPSA) is 92.8 Å². The van der Waals surface area contributed by atoms with E-state index < -0.39 is 44.4 Å². The molecule has 2 heterocycles. The summed E-state index contributed by atoms with van der Waals surface area (Å²) in [5.74, 6) is -1.68. The van der Waals surface area contributed by atoms with Crippen LogP contribution < -0.4 is 5.32 Å². The minimum Gasteiger partial charge on any atom is -0.450 e. The third-order valence-electron chi connectivity index (χ3n) is 6.31. The molecule has 3 aromatic carbocycles. The lowest BCUT2D eigenvalue weighted by molar-refractivity contribution is -0.151. The second-order valence-electron chi connectivity index (χ2n) is 8.70. The minimum absolute atomic E-state index is 0.0772. The SMILES string of the molecule is O=C(Cc1ccccc1)N[C@@H]1C(=O)N2CC(Cl)(C(=O)OC(c3ccccc3)c3ccccc3)S(=O)[C@H]12. The van der Waals surface area contributed by atoms with Gasteiger partial charge in [-0.15, -0.1) is 0 Å². The number of rotatable bonds is 7. The van der Waals surface area contributed by atoms with Gasteiger partial charge in [-0.25, -0.2) is 4.79 Å². The summed E-state index contributed by atoms with van der Waals surface area (Å²) in [5.41, 5.74) is 2.24. The van der Waals surface area contributed by atoms with E-state index in [9.17, 15) is 18.6 Å². The fourth-order valence-electron chi connectivity index (χ4n) is 4.47. The number of β-lactam (4-membered cyclic amide) rings is 1. The van der Waals surface area contributed by atoms with Crippen molar-refractivity contribution in [3.8, 4) is 0 Å². The Labute approximate surface area is 215 Å². The Kier molecular flexibility index (Phi) is 6.64. The van der Waals surface area contributed by atoms with Gasteiger partial charge in [-0.3, -0.25) is 13.8 Å². The summed E-state index contributed by atoms with van der Waals surface area (Å²) in [6.45, 7) is -0.259. The third kappa shape index (κ3) is 4.42. The van der Waals surface area contributed by atoms with Crippen molar-refractivity contribution in [3.05, 3.63) is 108 Å². The predicted molar refractivity (Wildman–Crippen MR) is 135 cm³/mol. The fraction of sp³-hybridized carbons (Fsp3) is 0.222. The van der Waals surface area contributed by atoms with Gasteiger partial charge in [0.25, 0.3) is 0 Å². The first kappa shape index (κ1) is 24.2. The highest BCUT2D eigenvalue weighted by atomic mass is 35.5. The van der Waals surface area contributed by atoms with Crippen molar-refractivity contribution in [2.24, 2.45) is 0 Å². The highest BCUT2D eigenvalue weighted by Crippen LogP contribution is 2.43. The molecule has 0 aromatic heterocycles. The normalized spacial score (nSPS) is 24.7. The molecule has 2 unspecified atom stereocenters. The lowest BCUT2D eigenvalue weighted by Gasteiger charge is -2.40. The van der Waals surface area contributed by atoms with Gasteiger partial charge in [0.15, 0.2) is 6.10 Å². The van der Waals surface area contributed by atoms with Gasteiger partial charge >= 0.3 is 5.97 Å². The number of ether oxygens (including phenoxy) is 1. The number of esters is 1. The third-order valence-corrected chi connectivity index (χ3v) is 8.94. The highest BCUT2D eigenvalue weighted by molar-refractivity contribution is 7.90. The van der Waals surface area contributed by atoms with Crippen molar-refractivity contribution in [2.45, 2.75) is 28.1 Å². The monoisotopic (exact) mass is 522 g/mol. The summed E-state index contributed by atoms with van der Waals surface area (Å²) in [7, 11) is -2.01. The number of hydrogen-bond donors (Lipinski definition) is 1. The van der Waals surface area contributed by atoms with E-state index in [1.165, 1.54) is 4.90 Å². The number of nitrogens with zero attached hydrogens (tertiary/aromatic N) is 1. The van der Waals surface area contributed by atoms with Crippen molar-refractivity contribution < 1.29 is 23.3 Å². The highest BCUT2D eigenvalue weighted by Gasteiger charge is 2.67. The molecule has 0 saturated carbocycles. The maximum absolute atomic E-state index is 13.4. The number of alkyl halides is 1. The Morgan fingerprint density at radius 2 is 1.50 bits per heavy atom. The molecule has 2 saturated heterocycles. The van der Waals surface area contributed by atoms with E-state index in [0.717, 1.165) is 16.7 Å². The van der Waals surface area contributed by atoms with Gasteiger partial charge < -0.3 is 15.0 Å². The van der Waals surface area contributed by atoms with Crippen LogP contribution in [0, 0.1) is 0 Å². The number of halogens is 1. The van der Waals surface area contributed by atoms with E-state index in [0.29, 0.717) is 0 Å². The molecule has 4 atom stereocenters. The standard InChI is InChI=1S/C27H23ClN2O5S/c28-27(26(33)35-23(19-12-6-2-7-13-19)20-14-8-3-9-15-20)17-30-24(32)22(25(30)36(27)34)29-21(31)16-18-10-4-1-5-11-18/h1-15,22-23,25H,16-17H2,(H,29,31)/t22-,25-,27?,36?/m1/s1. The molecular weight excluding hydrogens is 500 g/mol. The maximum Gasteiger partial charge on any atom is 0.343 e. The maximum atomic E-state index is 13.4. The second kappa shape index (κ2) is 9.87. The van der Waals surface area contributed by atoms with E-state index in [1.807, 2.05) is 78.9 Å². The van der Waals surface area contributed by atoms with Crippen molar-refractivity contribution in [1.29, 1.82) is 0 Å². The number of fused-ring (bicyclic) bond motifs is 1. The first-order chi connectivity index (χ1) is 17.4. The van der Waals surface area contributed by atoms with Gasteiger partial charge in [-0.05, 0) is 16.7 Å². The van der Waals surface area contributed by atoms with Crippen molar-refractivity contribution >= 4 is 40.2 Å². The summed E-state index contributed by atoms with van der Waals surface area (Å²) in [4.78, 5) is 39.9. The Morgan fingerprint density at radius 3 is 2.06 bits per heavy atom. The zero-order valence-electron chi connectivity index (χ0n) is 19.1. The average molecular weight is 523 g/mol. The van der Waals surface area contributed by atoms with Crippen molar-refractivity contribution in [2.75, 3.05) is 6.54 Å². The molecule has 1 N–H and O–H groups in total. The summed E-state index contributed by atoms with van der Waals surface area (Å²) < 4.78 is 17.3. The molecule has 0 radical (unpaired) electrons. The van der Waals surface area contributed by atoms with Crippen LogP contribution >= 0.6 is 11.6 Å². The first-order valence-electron chi connectivity index (χ1n) is 11.4. The van der Waals surface area contributed by atoms with Gasteiger partial charge in [0.05, 0.1) is 23.8 Å². The summed E-state index contributed by atoms with van der Waals surface area (Å²) in [5, 5.41) is 1.76. The van der Waals surface area contributed by atoms with Crippen LogP contribution in [0.25, 0.3) is 0 Å². The van der Waals surface area contributed by atoms with E-state index in [4.69, 9.17) is 16.3 Å². The summed E-state index contributed by atoms with van der Waals surface area (Å²) in [6, 6.07) is 26.4. The molecule has 2 aliphatic heterocycles. The Balaban J connectivity index is 1.32. The van der Waals surface area contributed by atoms with Crippen LogP contribution in [0.5, 0.6) is 0 Å². The van der Waals surface area contributed by atoms with Crippen molar-refractivity contribution in [1.82, 2.24) is 10.2 Å². The van der Waals surface area contributed by atoms with Gasteiger partial charge in [0.2, 0.25) is 16.0 Å². The predicted octanol–water partition coefficient (Wildman–Crippen LogP) is 2.91. The quantitative estimate of drug-likeness (QED) is 0.292. The zero-order chi connectivity index (χ0) is 25.3.